The Labute approximate surface area is 219 Å². The lowest BCUT2D eigenvalue weighted by Gasteiger charge is -2.38. The Morgan fingerprint density at radius 1 is 1.19 bits per heavy atom. The van der Waals surface area contributed by atoms with Crippen molar-refractivity contribution in [1.29, 1.82) is 0 Å². The van der Waals surface area contributed by atoms with E-state index in [9.17, 15) is 9.59 Å². The maximum Gasteiger partial charge on any atom is 0.311 e. The first kappa shape index (κ1) is 27.5. The molecule has 0 unspecified atom stereocenters. The topological polar surface area (TPSA) is 95.6 Å². The molecular weight excluding hydrogens is 474 g/mol. The van der Waals surface area contributed by atoms with Crippen LogP contribution >= 0.6 is 0 Å². The van der Waals surface area contributed by atoms with Crippen LogP contribution in [0.25, 0.3) is 0 Å². The molecule has 1 N–H and O–H groups in total. The highest BCUT2D eigenvalue weighted by atomic mass is 16.7. The quantitative estimate of drug-likeness (QED) is 0.222. The molecule has 8 nitrogen and oxygen atoms in total. The number of hydrogen-bond acceptors (Lipinski definition) is 7. The van der Waals surface area contributed by atoms with Crippen molar-refractivity contribution in [1.82, 2.24) is 5.32 Å². The van der Waals surface area contributed by atoms with Crippen molar-refractivity contribution in [2.75, 3.05) is 19.8 Å². The molecule has 8 heteroatoms. The van der Waals surface area contributed by atoms with Gasteiger partial charge in [0.05, 0.1) is 42.7 Å². The molecule has 3 aliphatic rings. The van der Waals surface area contributed by atoms with Crippen LogP contribution in [0.15, 0.2) is 48.1 Å². The van der Waals surface area contributed by atoms with E-state index in [1.165, 1.54) is 0 Å². The highest BCUT2D eigenvalue weighted by Crippen LogP contribution is 2.46. The normalized spacial score (nSPS) is 29.3. The molecule has 1 aromatic rings. The third kappa shape index (κ3) is 7.98. The average Bonchev–Trinajstić information content (AvgIpc) is 3.58. The molecular formula is C29H39NO7. The van der Waals surface area contributed by atoms with Crippen LogP contribution in [0, 0.1) is 5.92 Å². The molecule has 2 atom stereocenters. The summed E-state index contributed by atoms with van der Waals surface area (Å²) in [4.78, 5) is 24.6. The number of ether oxygens (including phenoxy) is 5. The Morgan fingerprint density at radius 2 is 1.92 bits per heavy atom. The Bertz CT molecular complexity index is 1010. The van der Waals surface area contributed by atoms with Crippen LogP contribution in [0.4, 0.5) is 0 Å². The number of carbonyl (C=O) groups excluding carboxylic acids is 2. The molecule has 37 heavy (non-hydrogen) atoms. The van der Waals surface area contributed by atoms with Gasteiger partial charge in [-0.05, 0) is 45.7 Å². The fraction of sp³-hybridized carbons (Fsp3) is 0.586. The SMILES string of the molecule is CCCC(=O)Oc1ccccc1C(=O)NC1OCC(C/C=C(C)/C=C/[C@H]2C[C@]3(CO3)CC(C)(C)O2)CO1. The van der Waals surface area contributed by atoms with Crippen molar-refractivity contribution in [3.05, 3.63) is 53.6 Å². The molecule has 4 rings (SSSR count). The first-order valence-electron chi connectivity index (χ1n) is 13.2. The number of hydrogen-bond donors (Lipinski definition) is 1. The standard InChI is InChI=1S/C29H39NO7/c1-5-8-25(31)36-24-10-7-6-9-23(24)26(32)30-27-33-16-21(17-34-27)13-11-20(2)12-14-22-15-29(19-35-29)18-28(3,4)37-22/h6-7,9-12,14,21-22,27H,5,8,13,15-19H2,1-4H3,(H,30,32)/b14-12+,20-11+/t21?,22-,27?,29+/m0/s1. The average molecular weight is 514 g/mol. The number of allylic oxidation sites excluding steroid dienone is 3. The summed E-state index contributed by atoms with van der Waals surface area (Å²) >= 11 is 0. The van der Waals surface area contributed by atoms with Crippen molar-refractivity contribution < 1.29 is 33.3 Å². The lowest BCUT2D eigenvalue weighted by Crippen LogP contribution is -2.44. The molecule has 3 saturated heterocycles. The minimum Gasteiger partial charge on any atom is -0.426 e. The van der Waals surface area contributed by atoms with Crippen LogP contribution in [0.1, 0.15) is 70.2 Å². The van der Waals surface area contributed by atoms with E-state index in [2.05, 4.69) is 44.3 Å². The molecule has 0 bridgehead atoms. The first-order valence-corrected chi connectivity index (χ1v) is 13.2. The first-order chi connectivity index (χ1) is 17.7. The number of epoxide rings is 1. The van der Waals surface area contributed by atoms with Gasteiger partial charge in [-0.15, -0.1) is 0 Å². The number of amides is 1. The number of para-hydroxylation sites is 1. The van der Waals surface area contributed by atoms with Gasteiger partial charge in [0.15, 0.2) is 0 Å². The Kier molecular flexibility index (Phi) is 8.85. The van der Waals surface area contributed by atoms with E-state index in [-0.39, 0.29) is 46.9 Å². The van der Waals surface area contributed by atoms with Gasteiger partial charge in [-0.1, -0.05) is 42.9 Å². The van der Waals surface area contributed by atoms with Gasteiger partial charge in [-0.25, -0.2) is 0 Å². The Hall–Kier alpha value is -2.52. The maximum atomic E-state index is 12.8. The number of esters is 1. The van der Waals surface area contributed by atoms with E-state index >= 15 is 0 Å². The summed E-state index contributed by atoms with van der Waals surface area (Å²) in [6.07, 6.45) is 9.24. The second-order valence-corrected chi connectivity index (χ2v) is 10.9. The molecule has 3 aliphatic heterocycles. The summed E-state index contributed by atoms with van der Waals surface area (Å²) in [5, 5.41) is 2.72. The third-order valence-electron chi connectivity index (χ3n) is 6.72. The van der Waals surface area contributed by atoms with Gasteiger partial charge in [-0.3, -0.25) is 9.59 Å². The zero-order chi connectivity index (χ0) is 26.5. The van der Waals surface area contributed by atoms with Crippen LogP contribution in [0.2, 0.25) is 0 Å². The molecule has 0 aliphatic carbocycles. The lowest BCUT2D eigenvalue weighted by molar-refractivity contribution is -0.208. The van der Waals surface area contributed by atoms with E-state index in [0.29, 0.717) is 19.6 Å². The van der Waals surface area contributed by atoms with E-state index in [0.717, 1.165) is 31.4 Å². The van der Waals surface area contributed by atoms with Gasteiger partial charge in [0.25, 0.3) is 5.91 Å². The zero-order valence-corrected chi connectivity index (χ0v) is 22.3. The molecule has 0 radical (unpaired) electrons. The summed E-state index contributed by atoms with van der Waals surface area (Å²) in [6.45, 7) is 9.98. The van der Waals surface area contributed by atoms with Crippen molar-refractivity contribution >= 4 is 11.9 Å². The summed E-state index contributed by atoms with van der Waals surface area (Å²) in [6, 6.07) is 6.64. The van der Waals surface area contributed by atoms with Crippen molar-refractivity contribution in [2.24, 2.45) is 5.92 Å². The Morgan fingerprint density at radius 3 is 2.62 bits per heavy atom. The monoisotopic (exact) mass is 513 g/mol. The van der Waals surface area contributed by atoms with Gasteiger partial charge in [0.2, 0.25) is 6.41 Å². The molecule has 3 fully saturated rings. The molecule has 202 valence electrons. The number of rotatable bonds is 9. The molecule has 1 amide bonds. The molecule has 1 spiro atoms. The number of benzene rings is 1. The second kappa shape index (κ2) is 11.9. The molecule has 3 heterocycles. The summed E-state index contributed by atoms with van der Waals surface area (Å²) in [5.41, 5.74) is 1.25. The zero-order valence-electron chi connectivity index (χ0n) is 22.3. The van der Waals surface area contributed by atoms with Gasteiger partial charge in [-0.2, -0.15) is 0 Å². The van der Waals surface area contributed by atoms with Gasteiger partial charge < -0.3 is 29.0 Å². The van der Waals surface area contributed by atoms with E-state index in [1.54, 1.807) is 24.3 Å². The Balaban J connectivity index is 1.22. The van der Waals surface area contributed by atoms with Crippen LogP contribution in [-0.4, -0.2) is 55.4 Å². The fourth-order valence-electron chi connectivity index (χ4n) is 4.89. The number of nitrogens with one attached hydrogen (secondary N) is 1. The van der Waals surface area contributed by atoms with Crippen LogP contribution in [0.3, 0.4) is 0 Å². The highest BCUT2D eigenvalue weighted by molar-refractivity contribution is 5.97. The third-order valence-corrected chi connectivity index (χ3v) is 6.72. The van der Waals surface area contributed by atoms with Crippen molar-refractivity contribution in [3.8, 4) is 5.75 Å². The summed E-state index contributed by atoms with van der Waals surface area (Å²) in [5.74, 6) is -0.379. The van der Waals surface area contributed by atoms with Crippen LogP contribution in [-0.2, 0) is 23.7 Å². The van der Waals surface area contributed by atoms with E-state index in [1.807, 2.05) is 6.92 Å². The number of carbonyl (C=O) groups is 2. The minimum absolute atomic E-state index is 0.0126. The van der Waals surface area contributed by atoms with Crippen molar-refractivity contribution in [2.45, 2.75) is 83.5 Å². The minimum atomic E-state index is -0.850. The van der Waals surface area contributed by atoms with Crippen LogP contribution in [0.5, 0.6) is 5.75 Å². The van der Waals surface area contributed by atoms with Gasteiger partial charge in [0, 0.05) is 25.2 Å². The molecule has 1 aromatic carbocycles. The van der Waals surface area contributed by atoms with Crippen molar-refractivity contribution in [3.63, 3.8) is 0 Å². The predicted octanol–water partition coefficient (Wildman–Crippen LogP) is 4.69. The predicted molar refractivity (Wildman–Crippen MR) is 138 cm³/mol. The maximum absolute atomic E-state index is 12.8. The summed E-state index contributed by atoms with van der Waals surface area (Å²) in [7, 11) is 0. The highest BCUT2D eigenvalue weighted by Gasteiger charge is 2.53. The summed E-state index contributed by atoms with van der Waals surface area (Å²) < 4.78 is 28.8. The fourth-order valence-corrected chi connectivity index (χ4v) is 4.89. The second-order valence-electron chi connectivity index (χ2n) is 10.9. The largest absolute Gasteiger partial charge is 0.426 e. The molecule has 0 aromatic heterocycles. The van der Waals surface area contributed by atoms with Gasteiger partial charge >= 0.3 is 5.97 Å². The van der Waals surface area contributed by atoms with E-state index < -0.39 is 12.3 Å². The van der Waals surface area contributed by atoms with Crippen LogP contribution < -0.4 is 10.1 Å². The molecule has 0 saturated carbocycles. The van der Waals surface area contributed by atoms with Gasteiger partial charge in [0.1, 0.15) is 5.75 Å². The smallest absolute Gasteiger partial charge is 0.311 e. The van der Waals surface area contributed by atoms with E-state index in [4.69, 9.17) is 23.7 Å². The lowest BCUT2D eigenvalue weighted by atomic mass is 9.85.